The van der Waals surface area contributed by atoms with Gasteiger partial charge in [-0.3, -0.25) is 0 Å². The molecule has 1 heterocycles. The summed E-state index contributed by atoms with van der Waals surface area (Å²) >= 11 is 5.78. The van der Waals surface area contributed by atoms with Crippen LogP contribution in [0.1, 0.15) is 12.0 Å². The van der Waals surface area contributed by atoms with Crippen LogP contribution in [-0.4, -0.2) is 46.1 Å². The molecule has 0 N–H and O–H groups in total. The molecule has 0 aliphatic carbocycles. The van der Waals surface area contributed by atoms with E-state index in [4.69, 9.17) is 21.1 Å². The minimum Gasteiger partial charge on any atom is -0.495 e. The number of nitrogens with zero attached hydrogens (tertiary/aromatic N) is 1. The van der Waals surface area contributed by atoms with Crippen molar-refractivity contribution < 1.29 is 17.9 Å². The lowest BCUT2D eigenvalue weighted by atomic mass is 10.2. The van der Waals surface area contributed by atoms with Crippen molar-refractivity contribution in [2.24, 2.45) is 0 Å². The molecule has 1 aliphatic heterocycles. The van der Waals surface area contributed by atoms with Gasteiger partial charge in [-0.1, -0.05) is 6.07 Å². The third kappa shape index (κ3) is 2.93. The van der Waals surface area contributed by atoms with Gasteiger partial charge in [0.1, 0.15) is 10.6 Å². The van der Waals surface area contributed by atoms with Gasteiger partial charge in [-0.25, -0.2) is 8.42 Å². The number of sulfonamides is 1. The van der Waals surface area contributed by atoms with Gasteiger partial charge in [0, 0.05) is 26.1 Å². The second-order valence-electron chi connectivity index (χ2n) is 4.63. The van der Waals surface area contributed by atoms with Crippen molar-refractivity contribution >= 4 is 21.6 Å². The molecule has 1 aromatic carbocycles. The summed E-state index contributed by atoms with van der Waals surface area (Å²) in [7, 11) is -0.540. The van der Waals surface area contributed by atoms with Crippen LogP contribution < -0.4 is 4.74 Å². The Balaban J connectivity index is 2.38. The van der Waals surface area contributed by atoms with Crippen LogP contribution in [-0.2, 0) is 20.6 Å². The van der Waals surface area contributed by atoms with Gasteiger partial charge in [-0.15, -0.1) is 11.6 Å². The number of alkyl halides is 1. The van der Waals surface area contributed by atoms with Crippen molar-refractivity contribution in [1.29, 1.82) is 0 Å². The van der Waals surface area contributed by atoms with Crippen LogP contribution in [0.2, 0.25) is 0 Å². The Labute approximate surface area is 124 Å². The summed E-state index contributed by atoms with van der Waals surface area (Å²) in [6.45, 7) is 0.822. The first-order valence-electron chi connectivity index (χ1n) is 6.28. The smallest absolute Gasteiger partial charge is 0.246 e. The number of rotatable bonds is 5. The van der Waals surface area contributed by atoms with E-state index in [-0.39, 0.29) is 16.9 Å². The number of hydrogen-bond acceptors (Lipinski definition) is 4. The highest BCUT2D eigenvalue weighted by Gasteiger charge is 2.34. The zero-order valence-corrected chi connectivity index (χ0v) is 13.1. The highest BCUT2D eigenvalue weighted by molar-refractivity contribution is 7.89. The van der Waals surface area contributed by atoms with Crippen molar-refractivity contribution in [3.63, 3.8) is 0 Å². The van der Waals surface area contributed by atoms with Crippen LogP contribution >= 0.6 is 11.6 Å². The molecular formula is C13H18ClNO4S. The Bertz CT molecular complexity index is 576. The molecular weight excluding hydrogens is 302 g/mol. The Morgan fingerprint density at radius 1 is 1.40 bits per heavy atom. The first kappa shape index (κ1) is 15.6. The van der Waals surface area contributed by atoms with Gasteiger partial charge >= 0.3 is 0 Å². The zero-order valence-electron chi connectivity index (χ0n) is 11.5. The first-order valence-corrected chi connectivity index (χ1v) is 8.26. The predicted molar refractivity (Wildman–Crippen MR) is 76.7 cm³/mol. The molecule has 5 nitrogen and oxygen atoms in total. The lowest BCUT2D eigenvalue weighted by molar-refractivity contribution is 0.115. The summed E-state index contributed by atoms with van der Waals surface area (Å²) in [5.41, 5.74) is 0.744. The maximum atomic E-state index is 12.7. The molecule has 1 unspecified atom stereocenters. The summed E-state index contributed by atoms with van der Waals surface area (Å²) in [6, 6.07) is 4.96. The maximum absolute atomic E-state index is 12.7. The number of methoxy groups -OCH3 is 2. The standard InChI is InChI=1S/C13H18ClNO4S/c1-18-11-5-6-15(9-11)20(16,17)13-7-10(8-14)3-4-12(13)19-2/h3-4,7,11H,5-6,8-9H2,1-2H3. The van der Waals surface area contributed by atoms with Gasteiger partial charge in [0.2, 0.25) is 10.0 Å². The Morgan fingerprint density at radius 3 is 2.70 bits per heavy atom. The second-order valence-corrected chi connectivity index (χ2v) is 6.80. The summed E-state index contributed by atoms with van der Waals surface area (Å²) in [5.74, 6) is 0.590. The highest BCUT2D eigenvalue weighted by atomic mass is 35.5. The lowest BCUT2D eigenvalue weighted by Crippen LogP contribution is -2.30. The monoisotopic (exact) mass is 319 g/mol. The number of ether oxygens (including phenoxy) is 2. The molecule has 0 radical (unpaired) electrons. The normalized spacial score (nSPS) is 20.2. The third-order valence-corrected chi connectivity index (χ3v) is 5.64. The summed E-state index contributed by atoms with van der Waals surface area (Å²) in [6.07, 6.45) is 0.653. The molecule has 1 fully saturated rings. The van der Waals surface area contributed by atoms with Crippen molar-refractivity contribution in [3.05, 3.63) is 23.8 Å². The first-order chi connectivity index (χ1) is 9.52. The van der Waals surface area contributed by atoms with Gasteiger partial charge in [0.25, 0.3) is 0 Å². The van der Waals surface area contributed by atoms with E-state index in [0.717, 1.165) is 5.56 Å². The fraction of sp³-hybridized carbons (Fsp3) is 0.538. The van der Waals surface area contributed by atoms with Crippen LogP contribution in [0.15, 0.2) is 23.1 Å². The third-order valence-electron chi connectivity index (χ3n) is 3.44. The quantitative estimate of drug-likeness (QED) is 0.777. The number of hydrogen-bond donors (Lipinski definition) is 0. The fourth-order valence-electron chi connectivity index (χ4n) is 2.25. The van der Waals surface area contributed by atoms with Crippen molar-refractivity contribution in [3.8, 4) is 5.75 Å². The minimum absolute atomic E-state index is 0.0491. The molecule has 0 aromatic heterocycles. The SMILES string of the molecule is COc1ccc(CCl)cc1S(=O)(=O)N1CCC(OC)C1. The van der Waals surface area contributed by atoms with Gasteiger partial charge in [0.05, 0.1) is 13.2 Å². The average Bonchev–Trinajstić information content (AvgIpc) is 2.96. The minimum atomic E-state index is -3.59. The van der Waals surface area contributed by atoms with E-state index in [2.05, 4.69) is 0 Å². The van der Waals surface area contributed by atoms with Gasteiger partial charge < -0.3 is 9.47 Å². The van der Waals surface area contributed by atoms with Crippen molar-refractivity contribution in [1.82, 2.24) is 4.31 Å². The highest BCUT2D eigenvalue weighted by Crippen LogP contribution is 2.30. The van der Waals surface area contributed by atoms with E-state index in [0.29, 0.717) is 25.3 Å². The Kier molecular flexibility index (Phi) is 4.90. The number of halogens is 1. The lowest BCUT2D eigenvalue weighted by Gasteiger charge is -2.18. The summed E-state index contributed by atoms with van der Waals surface area (Å²) in [4.78, 5) is 0.162. The van der Waals surface area contributed by atoms with Gasteiger partial charge in [-0.2, -0.15) is 4.31 Å². The van der Waals surface area contributed by atoms with E-state index in [1.165, 1.54) is 11.4 Å². The predicted octanol–water partition coefficient (Wildman–Crippen LogP) is 1.84. The molecule has 112 valence electrons. The van der Waals surface area contributed by atoms with E-state index in [1.807, 2.05) is 0 Å². The van der Waals surface area contributed by atoms with E-state index >= 15 is 0 Å². The molecule has 1 saturated heterocycles. The van der Waals surface area contributed by atoms with Crippen molar-refractivity contribution in [2.45, 2.75) is 23.3 Å². The maximum Gasteiger partial charge on any atom is 0.246 e. The molecule has 1 aromatic rings. The summed E-state index contributed by atoms with van der Waals surface area (Å²) < 4.78 is 37.2. The number of benzene rings is 1. The molecule has 0 amide bonds. The average molecular weight is 320 g/mol. The van der Waals surface area contributed by atoms with Crippen LogP contribution in [0.4, 0.5) is 0 Å². The van der Waals surface area contributed by atoms with Crippen LogP contribution in [0.3, 0.4) is 0 Å². The fourth-order valence-corrected chi connectivity index (χ4v) is 4.11. The van der Waals surface area contributed by atoms with Crippen LogP contribution in [0.5, 0.6) is 5.75 Å². The van der Waals surface area contributed by atoms with Gasteiger partial charge in [0.15, 0.2) is 0 Å². The Hall–Kier alpha value is -0.820. The largest absolute Gasteiger partial charge is 0.495 e. The molecule has 1 aliphatic rings. The Morgan fingerprint density at radius 2 is 2.15 bits per heavy atom. The zero-order chi connectivity index (χ0) is 14.8. The molecule has 0 saturated carbocycles. The summed E-state index contributed by atoms with van der Waals surface area (Å²) in [5, 5.41) is 0. The molecule has 0 bridgehead atoms. The van der Waals surface area contributed by atoms with Crippen molar-refractivity contribution in [2.75, 3.05) is 27.3 Å². The van der Waals surface area contributed by atoms with Crippen LogP contribution in [0, 0.1) is 0 Å². The molecule has 0 spiro atoms. The topological polar surface area (TPSA) is 55.8 Å². The van der Waals surface area contributed by atoms with Crippen LogP contribution in [0.25, 0.3) is 0 Å². The second kappa shape index (κ2) is 6.30. The van der Waals surface area contributed by atoms with E-state index < -0.39 is 10.0 Å². The molecule has 1 atom stereocenters. The molecule has 2 rings (SSSR count). The van der Waals surface area contributed by atoms with E-state index in [9.17, 15) is 8.42 Å². The van der Waals surface area contributed by atoms with E-state index in [1.54, 1.807) is 25.3 Å². The molecule has 20 heavy (non-hydrogen) atoms. The molecule has 7 heteroatoms. The van der Waals surface area contributed by atoms with Gasteiger partial charge in [-0.05, 0) is 24.1 Å².